The molecule has 102 valence electrons. The van der Waals surface area contributed by atoms with E-state index in [0.29, 0.717) is 45.8 Å². The van der Waals surface area contributed by atoms with Gasteiger partial charge in [-0.25, -0.2) is 0 Å². The Morgan fingerprint density at radius 2 is 2.06 bits per heavy atom. The average molecular weight is 255 g/mol. The molecule has 0 unspecified atom stereocenters. The Balaban J connectivity index is 1.73. The summed E-state index contributed by atoms with van der Waals surface area (Å²) < 4.78 is 15.8. The third kappa shape index (κ3) is 3.81. The summed E-state index contributed by atoms with van der Waals surface area (Å²) >= 11 is 0. The molecule has 1 aliphatic rings. The number of ether oxygens (including phenoxy) is 2. The first-order valence-electron chi connectivity index (χ1n) is 6.29. The topological polar surface area (TPSA) is 63.9 Å². The molecule has 1 aromatic rings. The van der Waals surface area contributed by atoms with Crippen LogP contribution in [0.5, 0.6) is 0 Å². The van der Waals surface area contributed by atoms with Crippen LogP contribution in [-0.2, 0) is 22.6 Å². The van der Waals surface area contributed by atoms with Crippen molar-refractivity contribution >= 4 is 0 Å². The zero-order chi connectivity index (χ0) is 12.8. The molecule has 0 saturated carbocycles. The molecule has 0 spiro atoms. The first-order valence-corrected chi connectivity index (χ1v) is 6.29. The van der Waals surface area contributed by atoms with Crippen LogP contribution in [0.3, 0.4) is 0 Å². The van der Waals surface area contributed by atoms with Gasteiger partial charge in [0.2, 0.25) is 0 Å². The summed E-state index contributed by atoms with van der Waals surface area (Å²) in [5.41, 5.74) is -0.639. The summed E-state index contributed by atoms with van der Waals surface area (Å²) in [7, 11) is 1.64. The van der Waals surface area contributed by atoms with Crippen LogP contribution in [0.4, 0.5) is 0 Å². The van der Waals surface area contributed by atoms with Gasteiger partial charge in [0, 0.05) is 39.7 Å². The number of hydrogen-bond donors (Lipinski definition) is 2. The highest BCUT2D eigenvalue weighted by atomic mass is 16.5. The maximum absolute atomic E-state index is 10.2. The smallest absolute Gasteiger partial charge is 0.129 e. The van der Waals surface area contributed by atoms with E-state index in [9.17, 15) is 5.11 Å². The maximum atomic E-state index is 10.2. The zero-order valence-corrected chi connectivity index (χ0v) is 10.8. The lowest BCUT2D eigenvalue weighted by molar-refractivity contribution is -0.0618. The van der Waals surface area contributed by atoms with Crippen molar-refractivity contribution in [2.24, 2.45) is 0 Å². The lowest BCUT2D eigenvalue weighted by Crippen LogP contribution is -2.44. The molecule has 0 radical (unpaired) electrons. The molecule has 2 rings (SSSR count). The van der Waals surface area contributed by atoms with Crippen molar-refractivity contribution in [1.82, 2.24) is 5.32 Å². The van der Waals surface area contributed by atoms with E-state index in [4.69, 9.17) is 13.9 Å². The van der Waals surface area contributed by atoms with Gasteiger partial charge in [0.15, 0.2) is 0 Å². The summed E-state index contributed by atoms with van der Waals surface area (Å²) in [6.45, 7) is 2.94. The third-order valence-electron chi connectivity index (χ3n) is 3.18. The lowest BCUT2D eigenvalue weighted by Gasteiger charge is -2.32. The first kappa shape index (κ1) is 13.5. The molecule has 1 aromatic heterocycles. The van der Waals surface area contributed by atoms with E-state index in [1.165, 1.54) is 0 Å². The fourth-order valence-corrected chi connectivity index (χ4v) is 2.08. The molecule has 5 nitrogen and oxygen atoms in total. The average Bonchev–Trinajstić information content (AvgIpc) is 2.78. The quantitative estimate of drug-likeness (QED) is 0.795. The van der Waals surface area contributed by atoms with Crippen LogP contribution >= 0.6 is 0 Å². The minimum atomic E-state index is -0.639. The largest absolute Gasteiger partial charge is 0.462 e. The van der Waals surface area contributed by atoms with Gasteiger partial charge in [-0.1, -0.05) is 0 Å². The SMILES string of the molecule is COCc1ccc(CNCC2(O)CCOCC2)o1. The predicted octanol–water partition coefficient (Wildman–Crippen LogP) is 1.06. The molecular weight excluding hydrogens is 234 g/mol. The van der Waals surface area contributed by atoms with Crippen LogP contribution in [0.2, 0.25) is 0 Å². The summed E-state index contributed by atoms with van der Waals surface area (Å²) in [4.78, 5) is 0. The Morgan fingerprint density at radius 1 is 1.33 bits per heavy atom. The molecule has 0 atom stereocenters. The molecule has 0 bridgehead atoms. The van der Waals surface area contributed by atoms with Crippen molar-refractivity contribution in [2.75, 3.05) is 26.9 Å². The minimum Gasteiger partial charge on any atom is -0.462 e. The highest BCUT2D eigenvalue weighted by molar-refractivity contribution is 5.06. The van der Waals surface area contributed by atoms with E-state index >= 15 is 0 Å². The molecule has 2 N–H and O–H groups in total. The molecule has 18 heavy (non-hydrogen) atoms. The van der Waals surface area contributed by atoms with Crippen molar-refractivity contribution in [3.05, 3.63) is 23.7 Å². The first-order chi connectivity index (χ1) is 8.72. The number of furan rings is 1. The minimum absolute atomic E-state index is 0.487. The van der Waals surface area contributed by atoms with Gasteiger partial charge in [-0.15, -0.1) is 0 Å². The van der Waals surface area contributed by atoms with Crippen LogP contribution in [0.1, 0.15) is 24.4 Å². The second-order valence-corrected chi connectivity index (χ2v) is 4.74. The predicted molar refractivity (Wildman–Crippen MR) is 66.1 cm³/mol. The Kier molecular flexibility index (Phi) is 4.77. The normalized spacial score (nSPS) is 19.0. The number of methoxy groups -OCH3 is 1. The van der Waals surface area contributed by atoms with Gasteiger partial charge in [0.25, 0.3) is 0 Å². The zero-order valence-electron chi connectivity index (χ0n) is 10.8. The number of nitrogens with one attached hydrogen (secondary N) is 1. The van der Waals surface area contributed by atoms with Crippen molar-refractivity contribution in [3.63, 3.8) is 0 Å². The van der Waals surface area contributed by atoms with Crippen LogP contribution in [0.25, 0.3) is 0 Å². The standard InChI is InChI=1S/C13H21NO4/c1-16-9-12-3-2-11(18-12)8-14-10-13(15)4-6-17-7-5-13/h2-3,14-15H,4-10H2,1H3. The lowest BCUT2D eigenvalue weighted by atomic mass is 9.94. The van der Waals surface area contributed by atoms with Crippen LogP contribution in [0, 0.1) is 0 Å². The van der Waals surface area contributed by atoms with Crippen molar-refractivity contribution < 1.29 is 19.0 Å². The second-order valence-electron chi connectivity index (χ2n) is 4.74. The van der Waals surface area contributed by atoms with Gasteiger partial charge in [0.05, 0.1) is 12.1 Å². The second kappa shape index (κ2) is 6.33. The van der Waals surface area contributed by atoms with E-state index < -0.39 is 5.60 Å². The van der Waals surface area contributed by atoms with Crippen molar-refractivity contribution in [2.45, 2.75) is 31.6 Å². The molecule has 0 amide bonds. The van der Waals surface area contributed by atoms with E-state index in [-0.39, 0.29) is 0 Å². The number of hydrogen-bond acceptors (Lipinski definition) is 5. The highest BCUT2D eigenvalue weighted by Crippen LogP contribution is 2.19. The monoisotopic (exact) mass is 255 g/mol. The van der Waals surface area contributed by atoms with Gasteiger partial charge in [-0.05, 0) is 12.1 Å². The van der Waals surface area contributed by atoms with Crippen LogP contribution < -0.4 is 5.32 Å². The number of rotatable bonds is 6. The molecule has 1 aliphatic heterocycles. The van der Waals surface area contributed by atoms with Crippen LogP contribution in [0.15, 0.2) is 16.5 Å². The molecule has 1 saturated heterocycles. The molecule has 5 heteroatoms. The van der Waals surface area contributed by atoms with Gasteiger partial charge in [-0.2, -0.15) is 0 Å². The summed E-state index contributed by atoms with van der Waals surface area (Å²) in [6.07, 6.45) is 1.38. The summed E-state index contributed by atoms with van der Waals surface area (Å²) in [6, 6.07) is 3.83. The summed E-state index contributed by atoms with van der Waals surface area (Å²) in [5, 5.41) is 13.5. The van der Waals surface area contributed by atoms with Gasteiger partial charge >= 0.3 is 0 Å². The number of aliphatic hydroxyl groups is 1. The third-order valence-corrected chi connectivity index (χ3v) is 3.18. The van der Waals surface area contributed by atoms with Gasteiger partial charge in [0.1, 0.15) is 18.1 Å². The fraction of sp³-hybridized carbons (Fsp3) is 0.692. The van der Waals surface area contributed by atoms with E-state index in [2.05, 4.69) is 5.32 Å². The van der Waals surface area contributed by atoms with Gasteiger partial charge < -0.3 is 24.3 Å². The molecular formula is C13H21NO4. The van der Waals surface area contributed by atoms with E-state index in [0.717, 1.165) is 11.5 Å². The molecule has 0 aromatic carbocycles. The van der Waals surface area contributed by atoms with Crippen LogP contribution in [-0.4, -0.2) is 37.6 Å². The van der Waals surface area contributed by atoms with Crippen molar-refractivity contribution in [1.29, 1.82) is 0 Å². The fourth-order valence-electron chi connectivity index (χ4n) is 2.08. The Bertz CT molecular complexity index is 358. The van der Waals surface area contributed by atoms with E-state index in [1.54, 1.807) is 7.11 Å². The highest BCUT2D eigenvalue weighted by Gasteiger charge is 2.29. The molecule has 0 aliphatic carbocycles. The summed E-state index contributed by atoms with van der Waals surface area (Å²) in [5.74, 6) is 1.68. The molecule has 1 fully saturated rings. The Morgan fingerprint density at radius 3 is 2.78 bits per heavy atom. The van der Waals surface area contributed by atoms with Crippen molar-refractivity contribution in [3.8, 4) is 0 Å². The maximum Gasteiger partial charge on any atom is 0.129 e. The van der Waals surface area contributed by atoms with E-state index in [1.807, 2.05) is 12.1 Å². The molecule has 2 heterocycles. The Hall–Kier alpha value is -0.880. The van der Waals surface area contributed by atoms with Gasteiger partial charge in [-0.3, -0.25) is 0 Å². The Labute approximate surface area is 107 Å².